The van der Waals surface area contributed by atoms with E-state index in [1.807, 2.05) is 92.7 Å². The largest absolute Gasteiger partial charge is 0.508 e. The second kappa shape index (κ2) is 31.0. The van der Waals surface area contributed by atoms with Crippen LogP contribution in [0.2, 0.25) is 0 Å². The number of aromatic amines is 2. The van der Waals surface area contributed by atoms with Crippen molar-refractivity contribution >= 4 is 75.0 Å². The molecule has 4 aromatic carbocycles. The van der Waals surface area contributed by atoms with Gasteiger partial charge in [0, 0.05) is 73.1 Å². The van der Waals surface area contributed by atoms with Crippen LogP contribution in [-0.4, -0.2) is 153 Å². The molecule has 24 nitrogen and oxygen atoms in total. The molecule has 0 spiro atoms. The lowest BCUT2D eigenvalue weighted by Crippen LogP contribution is -2.61. The zero-order chi connectivity index (χ0) is 61.9. The second-order valence-electron chi connectivity index (χ2n) is 22.0. The number of carbonyl (C=O) groups is 8. The number of para-hydroxylation sites is 2. The normalized spacial score (nSPS) is 15.5. The van der Waals surface area contributed by atoms with E-state index in [0.29, 0.717) is 36.1 Å². The maximum absolute atomic E-state index is 15.0. The summed E-state index contributed by atoms with van der Waals surface area (Å²) in [5, 5.41) is 41.8. The van der Waals surface area contributed by atoms with Gasteiger partial charge >= 0.3 is 0 Å². The van der Waals surface area contributed by atoms with Gasteiger partial charge in [0.1, 0.15) is 48.0 Å². The van der Waals surface area contributed by atoms with Gasteiger partial charge in [-0.05, 0) is 97.9 Å². The first-order valence-electron chi connectivity index (χ1n) is 29.1. The van der Waals surface area contributed by atoms with Gasteiger partial charge in [0.15, 0.2) is 5.96 Å². The van der Waals surface area contributed by atoms with Gasteiger partial charge in [-0.15, -0.1) is 0 Å². The molecule has 2 aromatic heterocycles. The molecule has 7 rings (SSSR count). The van der Waals surface area contributed by atoms with E-state index >= 15 is 0 Å². The number of H-pyrrole nitrogens is 2. The average molecular weight is 1180 g/mol. The fourth-order valence-corrected chi connectivity index (χ4v) is 10.6. The predicted octanol–water partition coefficient (Wildman–Crippen LogP) is 1.08. The molecule has 1 saturated heterocycles. The standard InChI is InChI=1S/C62H80N14O10/c1-4-66-60(85)53-21-13-27-76(53)61(86)47(20-12-26-67-62(64)65)70-55(80)48(28-36(2)3)72-57(82)51(32-40-34-69-46-19-11-9-17-43(40)46)74-56(81)49(30-38-22-24-41(78)25-23-38)73-59(84)52(35-77)75-58(83)50(31-39-33-68-45-18-10-8-16-42(39)45)71-54(79)44(63)29-37-14-6-5-7-15-37/h5-11,14-19,22-25,33-34,36,44,47-53,68-69,77-78H,4,12-13,20-21,26-32,35,63H2,1-3H3,(H,66,85)(H,70,80)(H,71,79)(H,72,82)(H,73,84)(H,74,81)(H,75,83)(H4,64,65,67)/t44-,47-,48-,49-,50-,51+,52-,53+/m0/s1. The number of nitrogens with zero attached hydrogens (tertiary/aromatic N) is 2. The molecule has 0 saturated carbocycles. The van der Waals surface area contributed by atoms with Crippen molar-refractivity contribution < 1.29 is 48.6 Å². The highest BCUT2D eigenvalue weighted by Gasteiger charge is 2.39. The Labute approximate surface area is 498 Å². The van der Waals surface area contributed by atoms with Crippen molar-refractivity contribution in [1.82, 2.24) is 52.1 Å². The van der Waals surface area contributed by atoms with Crippen molar-refractivity contribution in [2.75, 3.05) is 26.2 Å². The lowest BCUT2D eigenvalue weighted by molar-refractivity contribution is -0.142. The van der Waals surface area contributed by atoms with Crippen LogP contribution in [0.4, 0.5) is 0 Å². The van der Waals surface area contributed by atoms with Gasteiger partial charge in [0.2, 0.25) is 47.3 Å². The fraction of sp³-hybridized carbons (Fsp3) is 0.403. The molecule has 8 amide bonds. The zero-order valence-corrected chi connectivity index (χ0v) is 48.6. The number of amides is 8. The van der Waals surface area contributed by atoms with Crippen LogP contribution >= 0.6 is 0 Å². The van der Waals surface area contributed by atoms with Gasteiger partial charge in [-0.1, -0.05) is 92.7 Å². The van der Waals surface area contributed by atoms with E-state index in [0.717, 1.165) is 27.4 Å². The number of phenolic OH excluding ortho intramolecular Hbond substituents is 1. The van der Waals surface area contributed by atoms with Crippen LogP contribution in [0.5, 0.6) is 5.75 Å². The molecule has 1 aliphatic rings. The van der Waals surface area contributed by atoms with E-state index in [2.05, 4.69) is 52.2 Å². The SMILES string of the molecule is CCNC(=O)[C@H]1CCCN1C(=O)[C@H](CCCN=C(N)N)NC(=O)[C@H](CC(C)C)NC(=O)[C@@H](Cc1c[nH]c2ccccc12)NC(=O)[C@H](Cc1ccc(O)cc1)NC(=O)[C@H](CO)NC(=O)[C@H](Cc1c[nH]c2ccccc12)NC(=O)[C@@H](N)Cc1ccccc1. The third kappa shape index (κ3) is 17.9. The number of aliphatic imine (C=N–C) groups is 1. The summed E-state index contributed by atoms with van der Waals surface area (Å²) >= 11 is 0. The number of rotatable bonds is 30. The Hall–Kier alpha value is -9.29. The number of aromatic hydroxyl groups is 1. The molecule has 17 N–H and O–H groups in total. The topological polar surface area (TPSA) is 386 Å². The smallest absolute Gasteiger partial charge is 0.245 e. The van der Waals surface area contributed by atoms with Crippen LogP contribution in [0, 0.1) is 5.92 Å². The van der Waals surface area contributed by atoms with Gasteiger partial charge < -0.3 is 79.5 Å². The van der Waals surface area contributed by atoms with E-state index in [-0.39, 0.29) is 81.6 Å². The Bertz CT molecular complexity index is 3330. The minimum absolute atomic E-state index is 0.0531. The number of aliphatic hydroxyl groups is 1. The van der Waals surface area contributed by atoms with Gasteiger partial charge in [0.05, 0.1) is 12.6 Å². The molecule has 1 aliphatic heterocycles. The summed E-state index contributed by atoms with van der Waals surface area (Å²) in [5.41, 5.74) is 21.6. The summed E-state index contributed by atoms with van der Waals surface area (Å²) in [7, 11) is 0. The predicted molar refractivity (Wildman–Crippen MR) is 325 cm³/mol. The van der Waals surface area contributed by atoms with E-state index in [9.17, 15) is 48.6 Å². The van der Waals surface area contributed by atoms with Crippen molar-refractivity contribution in [1.29, 1.82) is 0 Å². The average Bonchev–Trinajstić information content (AvgIpc) is 4.44. The van der Waals surface area contributed by atoms with E-state index < -0.39 is 96.3 Å². The molecule has 0 radical (unpaired) electrons. The molecular formula is C62H80N14O10. The summed E-state index contributed by atoms with van der Waals surface area (Å²) in [5.74, 6) is -6.09. The molecule has 0 unspecified atom stereocenters. The number of likely N-dealkylation sites (tertiary alicyclic amines) is 1. The molecule has 458 valence electrons. The van der Waals surface area contributed by atoms with Gasteiger partial charge in [-0.3, -0.25) is 43.3 Å². The zero-order valence-electron chi connectivity index (χ0n) is 48.6. The van der Waals surface area contributed by atoms with Crippen molar-refractivity contribution in [2.45, 2.75) is 127 Å². The Morgan fingerprint density at radius 2 is 1.10 bits per heavy atom. The van der Waals surface area contributed by atoms with Gasteiger partial charge in [0.25, 0.3) is 0 Å². The third-order valence-corrected chi connectivity index (χ3v) is 15.0. The first-order chi connectivity index (χ1) is 41.3. The summed E-state index contributed by atoms with van der Waals surface area (Å²) in [6.07, 6.45) is 4.59. The highest BCUT2D eigenvalue weighted by atomic mass is 16.3. The summed E-state index contributed by atoms with van der Waals surface area (Å²) in [6, 6.07) is 19.4. The number of hydrogen-bond donors (Lipinski definition) is 14. The van der Waals surface area contributed by atoms with Crippen LogP contribution < -0.4 is 54.4 Å². The fourth-order valence-electron chi connectivity index (χ4n) is 10.6. The Morgan fingerprint density at radius 1 is 0.616 bits per heavy atom. The first kappa shape index (κ1) is 64.3. The van der Waals surface area contributed by atoms with Gasteiger partial charge in [-0.25, -0.2) is 0 Å². The van der Waals surface area contributed by atoms with Crippen LogP contribution in [0.15, 0.2) is 121 Å². The molecule has 8 atom stereocenters. The maximum Gasteiger partial charge on any atom is 0.245 e. The molecule has 6 aromatic rings. The van der Waals surface area contributed by atoms with Gasteiger partial charge in [-0.2, -0.15) is 0 Å². The number of aliphatic hydroxyl groups excluding tert-OH is 1. The molecule has 1 fully saturated rings. The Balaban J connectivity index is 1.14. The van der Waals surface area contributed by atoms with Crippen molar-refractivity contribution in [3.05, 3.63) is 138 Å². The number of hydrogen-bond acceptors (Lipinski definition) is 12. The van der Waals surface area contributed by atoms with Crippen LogP contribution in [0.3, 0.4) is 0 Å². The summed E-state index contributed by atoms with van der Waals surface area (Å²) < 4.78 is 0. The lowest BCUT2D eigenvalue weighted by Gasteiger charge is -2.30. The number of guanidine groups is 1. The first-order valence-corrected chi connectivity index (χ1v) is 29.1. The number of aromatic nitrogens is 2. The number of nitrogens with two attached hydrogens (primary N) is 3. The number of likely N-dealkylation sites (N-methyl/N-ethyl adjacent to an activating group) is 1. The Kier molecular flexibility index (Phi) is 23.2. The number of fused-ring (bicyclic) bond motifs is 2. The molecule has 86 heavy (non-hydrogen) atoms. The van der Waals surface area contributed by atoms with Crippen LogP contribution in [0.25, 0.3) is 21.8 Å². The lowest BCUT2D eigenvalue weighted by atomic mass is 9.99. The maximum atomic E-state index is 15.0. The minimum Gasteiger partial charge on any atom is -0.508 e. The monoisotopic (exact) mass is 1180 g/mol. The quantitative estimate of drug-likeness (QED) is 0.0171. The minimum atomic E-state index is -1.69. The van der Waals surface area contributed by atoms with E-state index in [1.165, 1.54) is 29.2 Å². The number of phenols is 1. The number of nitrogens with one attached hydrogen (secondary N) is 9. The van der Waals surface area contributed by atoms with Crippen molar-refractivity contribution in [2.24, 2.45) is 28.1 Å². The summed E-state index contributed by atoms with van der Waals surface area (Å²) in [6.45, 7) is 5.30. The highest BCUT2D eigenvalue weighted by Crippen LogP contribution is 2.23. The number of benzene rings is 4. The molecule has 3 heterocycles. The molecule has 0 aliphatic carbocycles. The molecular weight excluding hydrogens is 1100 g/mol. The third-order valence-electron chi connectivity index (χ3n) is 15.0. The summed E-state index contributed by atoms with van der Waals surface area (Å²) in [4.78, 5) is 126. The molecule has 0 bridgehead atoms. The Morgan fingerprint density at radius 3 is 1.66 bits per heavy atom. The van der Waals surface area contributed by atoms with Crippen molar-refractivity contribution in [3.8, 4) is 5.75 Å². The highest BCUT2D eigenvalue weighted by molar-refractivity contribution is 5.99. The van der Waals surface area contributed by atoms with E-state index in [4.69, 9.17) is 17.2 Å². The second-order valence-corrected chi connectivity index (χ2v) is 22.0. The van der Waals surface area contributed by atoms with Crippen LogP contribution in [0.1, 0.15) is 75.1 Å². The number of carbonyl (C=O) groups excluding carboxylic acids is 8. The van der Waals surface area contributed by atoms with E-state index in [1.54, 1.807) is 19.3 Å². The van der Waals surface area contributed by atoms with Crippen LogP contribution in [-0.2, 0) is 64.0 Å². The van der Waals surface area contributed by atoms with Crippen molar-refractivity contribution in [3.63, 3.8) is 0 Å². The molecule has 24 heteroatoms.